The molecule has 2 aromatic rings. The van der Waals surface area contributed by atoms with Crippen LogP contribution in [0.25, 0.3) is 11.8 Å². The Kier molecular flexibility index (Phi) is 5.40. The monoisotopic (exact) mass is 425 g/mol. The largest absolute Gasteiger partial charge is 0.454 e. The van der Waals surface area contributed by atoms with Crippen LogP contribution < -0.4 is 9.47 Å². The summed E-state index contributed by atoms with van der Waals surface area (Å²) in [5, 5.41) is 0.779. The number of benzene rings is 1. The van der Waals surface area contributed by atoms with E-state index in [1.54, 1.807) is 4.90 Å². The van der Waals surface area contributed by atoms with Crippen molar-refractivity contribution in [2.45, 2.75) is 53.6 Å². The Morgan fingerprint density at radius 1 is 1.10 bits per heavy atom. The molecule has 2 aliphatic rings. The fourth-order valence-corrected chi connectivity index (χ4v) is 4.97. The van der Waals surface area contributed by atoms with E-state index in [-0.39, 0.29) is 24.8 Å². The number of fused-ring (bicyclic) bond motifs is 1. The molecule has 3 heterocycles. The second-order valence-corrected chi connectivity index (χ2v) is 9.09. The zero-order valence-corrected chi connectivity index (χ0v) is 19.0. The van der Waals surface area contributed by atoms with Gasteiger partial charge in [0.2, 0.25) is 6.79 Å². The average molecular weight is 426 g/mol. The number of aryl methyl sites for hydroxylation is 1. The summed E-state index contributed by atoms with van der Waals surface area (Å²) < 4.78 is 13.1. The van der Waals surface area contributed by atoms with Crippen molar-refractivity contribution in [3.05, 3.63) is 46.1 Å². The summed E-state index contributed by atoms with van der Waals surface area (Å²) in [6, 6.07) is 8.25. The van der Waals surface area contributed by atoms with E-state index in [9.17, 15) is 4.79 Å². The van der Waals surface area contributed by atoms with Crippen LogP contribution in [0.5, 0.6) is 11.5 Å². The van der Waals surface area contributed by atoms with Crippen molar-refractivity contribution in [3.63, 3.8) is 0 Å². The van der Waals surface area contributed by atoms with E-state index in [0.29, 0.717) is 4.91 Å². The number of ether oxygens (including phenoxy) is 2. The Morgan fingerprint density at radius 2 is 1.83 bits per heavy atom. The molecule has 1 fully saturated rings. The number of amides is 1. The molecule has 158 valence electrons. The third-order valence-corrected chi connectivity index (χ3v) is 6.09. The van der Waals surface area contributed by atoms with Crippen LogP contribution in [0.2, 0.25) is 0 Å². The number of carbonyl (C=O) groups excluding carboxylic acids is 1. The van der Waals surface area contributed by atoms with Gasteiger partial charge in [0.15, 0.2) is 16.7 Å². The molecule has 0 aliphatic carbocycles. The Morgan fingerprint density at radius 3 is 2.53 bits per heavy atom. The Bertz CT molecular complexity index is 1070. The zero-order chi connectivity index (χ0) is 21.6. The van der Waals surface area contributed by atoms with Crippen molar-refractivity contribution in [1.29, 1.82) is 0 Å². The van der Waals surface area contributed by atoms with Gasteiger partial charge >= 0.3 is 0 Å². The lowest BCUT2D eigenvalue weighted by atomic mass is 10.2. The minimum absolute atomic E-state index is 0.0160. The number of nitrogens with zero attached hydrogens (tertiary/aromatic N) is 3. The van der Waals surface area contributed by atoms with Gasteiger partial charge in [-0.1, -0.05) is 0 Å². The number of hydrogen-bond donors (Lipinski definition) is 0. The number of rotatable bonds is 4. The first-order chi connectivity index (χ1) is 14.3. The lowest BCUT2D eigenvalue weighted by Crippen LogP contribution is -2.35. The summed E-state index contributed by atoms with van der Waals surface area (Å²) in [5.41, 5.74) is 4.19. The number of aromatic nitrogens is 1. The van der Waals surface area contributed by atoms with E-state index in [1.165, 1.54) is 11.8 Å². The van der Waals surface area contributed by atoms with Crippen LogP contribution in [-0.2, 0) is 4.79 Å². The molecule has 7 heteroatoms. The standard InChI is InChI=1S/C23H27N3O3S/c1-13(2)24-23-25(14(3)4)22(27)21(30-23)10-17-9-15(5)26(16(17)6)18-7-8-19-20(11-18)29-12-28-19/h7-11,13-14H,12H2,1-6H3/b21-10+,24-23?. The molecule has 1 amide bonds. The van der Waals surface area contributed by atoms with E-state index in [2.05, 4.69) is 29.5 Å². The highest BCUT2D eigenvalue weighted by Crippen LogP contribution is 2.37. The predicted molar refractivity (Wildman–Crippen MR) is 121 cm³/mol. The van der Waals surface area contributed by atoms with Crippen LogP contribution in [0.4, 0.5) is 0 Å². The first-order valence-corrected chi connectivity index (χ1v) is 11.0. The highest BCUT2D eigenvalue weighted by molar-refractivity contribution is 8.18. The van der Waals surface area contributed by atoms with Gasteiger partial charge in [-0.15, -0.1) is 0 Å². The van der Waals surface area contributed by atoms with Crippen molar-refractivity contribution in [2.75, 3.05) is 6.79 Å². The van der Waals surface area contributed by atoms with E-state index >= 15 is 0 Å². The SMILES string of the molecule is Cc1cc(/C=C2/SC(=NC(C)C)N(C(C)C)C2=O)c(C)n1-c1ccc2c(c1)OCO2. The first-order valence-electron chi connectivity index (χ1n) is 10.2. The van der Waals surface area contributed by atoms with Crippen LogP contribution in [0.3, 0.4) is 0 Å². The number of hydrogen-bond acceptors (Lipinski definition) is 5. The van der Waals surface area contributed by atoms with Crippen molar-refractivity contribution >= 4 is 28.9 Å². The first kappa shape index (κ1) is 20.6. The Labute approximate surface area is 181 Å². The van der Waals surface area contributed by atoms with Crippen LogP contribution in [0.1, 0.15) is 44.6 Å². The quantitative estimate of drug-likeness (QED) is 0.653. The van der Waals surface area contributed by atoms with Crippen molar-refractivity contribution < 1.29 is 14.3 Å². The number of thioether (sulfide) groups is 1. The van der Waals surface area contributed by atoms with Gasteiger partial charge in [-0.3, -0.25) is 14.7 Å². The lowest BCUT2D eigenvalue weighted by molar-refractivity contribution is -0.123. The van der Waals surface area contributed by atoms with E-state index < -0.39 is 0 Å². The minimum atomic E-state index is 0.0160. The average Bonchev–Trinajstić information content (AvgIpc) is 3.32. The molecule has 2 aliphatic heterocycles. The maximum atomic E-state index is 13.1. The molecule has 0 bridgehead atoms. The lowest BCUT2D eigenvalue weighted by Gasteiger charge is -2.20. The highest BCUT2D eigenvalue weighted by Gasteiger charge is 2.35. The summed E-state index contributed by atoms with van der Waals surface area (Å²) in [7, 11) is 0. The fourth-order valence-electron chi connectivity index (χ4n) is 3.75. The molecule has 1 aromatic heterocycles. The molecule has 0 radical (unpaired) electrons. The molecule has 1 aromatic carbocycles. The van der Waals surface area contributed by atoms with Crippen LogP contribution in [-0.4, -0.2) is 39.4 Å². The number of aliphatic imine (C=N–C) groups is 1. The van der Waals surface area contributed by atoms with Gasteiger partial charge < -0.3 is 14.0 Å². The predicted octanol–water partition coefficient (Wildman–Crippen LogP) is 4.91. The summed E-state index contributed by atoms with van der Waals surface area (Å²) in [6.45, 7) is 12.5. The smallest absolute Gasteiger partial charge is 0.266 e. The molecule has 0 saturated carbocycles. The van der Waals surface area contributed by atoms with Gasteiger partial charge in [-0.05, 0) is 83.1 Å². The minimum Gasteiger partial charge on any atom is -0.454 e. The van der Waals surface area contributed by atoms with Crippen molar-refractivity contribution in [2.24, 2.45) is 4.99 Å². The summed E-state index contributed by atoms with van der Waals surface area (Å²) >= 11 is 1.46. The van der Waals surface area contributed by atoms with Crippen molar-refractivity contribution in [3.8, 4) is 17.2 Å². The molecule has 0 atom stereocenters. The molecule has 0 unspecified atom stereocenters. The van der Waals surface area contributed by atoms with Gasteiger partial charge in [-0.25, -0.2) is 0 Å². The highest BCUT2D eigenvalue weighted by atomic mass is 32.2. The van der Waals surface area contributed by atoms with Crippen LogP contribution in [0, 0.1) is 13.8 Å². The maximum absolute atomic E-state index is 13.1. The Hall–Kier alpha value is -2.67. The molecule has 1 saturated heterocycles. The third kappa shape index (κ3) is 3.62. The zero-order valence-electron chi connectivity index (χ0n) is 18.2. The normalized spacial score (nSPS) is 18.7. The molecule has 30 heavy (non-hydrogen) atoms. The summed E-state index contributed by atoms with van der Waals surface area (Å²) in [6.07, 6.45) is 1.98. The van der Waals surface area contributed by atoms with Gasteiger partial charge in [0.05, 0.1) is 4.91 Å². The second-order valence-electron chi connectivity index (χ2n) is 8.08. The molecular formula is C23H27N3O3S. The second kappa shape index (κ2) is 7.87. The topological polar surface area (TPSA) is 56.1 Å². The number of amidine groups is 1. The molecule has 0 N–H and O–H groups in total. The molecule has 4 rings (SSSR count). The van der Waals surface area contributed by atoms with Gasteiger partial charge in [-0.2, -0.15) is 0 Å². The van der Waals surface area contributed by atoms with Gasteiger partial charge in [0.25, 0.3) is 5.91 Å². The summed E-state index contributed by atoms with van der Waals surface area (Å²) in [5.74, 6) is 1.54. The van der Waals surface area contributed by atoms with E-state index in [4.69, 9.17) is 9.47 Å². The Balaban J connectivity index is 1.71. The summed E-state index contributed by atoms with van der Waals surface area (Å²) in [4.78, 5) is 20.2. The molecule has 6 nitrogen and oxygen atoms in total. The maximum Gasteiger partial charge on any atom is 0.266 e. The van der Waals surface area contributed by atoms with Gasteiger partial charge in [0, 0.05) is 35.2 Å². The van der Waals surface area contributed by atoms with Crippen LogP contribution >= 0.6 is 11.8 Å². The van der Waals surface area contributed by atoms with Gasteiger partial charge in [0.1, 0.15) is 0 Å². The fraction of sp³-hybridized carbons (Fsp3) is 0.391. The van der Waals surface area contributed by atoms with E-state index in [1.807, 2.05) is 52.0 Å². The molecular weight excluding hydrogens is 398 g/mol. The molecule has 0 spiro atoms. The van der Waals surface area contributed by atoms with Crippen molar-refractivity contribution in [1.82, 2.24) is 9.47 Å². The van der Waals surface area contributed by atoms with Crippen LogP contribution in [0.15, 0.2) is 34.2 Å². The number of carbonyl (C=O) groups is 1. The third-order valence-electron chi connectivity index (χ3n) is 5.09. The van der Waals surface area contributed by atoms with E-state index in [0.717, 1.165) is 39.3 Å².